The zero-order valence-electron chi connectivity index (χ0n) is 13.6. The van der Waals surface area contributed by atoms with Crippen LogP contribution >= 0.6 is 0 Å². The van der Waals surface area contributed by atoms with Gasteiger partial charge in [-0.3, -0.25) is 5.10 Å². The van der Waals surface area contributed by atoms with E-state index in [0.717, 1.165) is 0 Å². The zero-order chi connectivity index (χ0) is 17.8. The largest absolute Gasteiger partial charge is 0.462 e. The molecule has 1 heterocycles. The summed E-state index contributed by atoms with van der Waals surface area (Å²) in [6, 6.07) is 11.6. The number of ether oxygens (including phenoxy) is 1. The fourth-order valence-electron chi connectivity index (χ4n) is 2.46. The maximum Gasteiger partial charge on any atom is 0.338 e. The summed E-state index contributed by atoms with van der Waals surface area (Å²) in [4.78, 5) is 12.2. The lowest BCUT2D eigenvalue weighted by molar-refractivity contribution is 0.0505. The van der Waals surface area contributed by atoms with Crippen LogP contribution in [0.4, 0.5) is 8.78 Å². The van der Waals surface area contributed by atoms with Crippen LogP contribution in [0.5, 0.6) is 0 Å². The molecule has 0 unspecified atom stereocenters. The molecule has 4 nitrogen and oxygen atoms in total. The first-order valence-electron chi connectivity index (χ1n) is 7.87. The van der Waals surface area contributed by atoms with E-state index in [-0.39, 0.29) is 23.6 Å². The summed E-state index contributed by atoms with van der Waals surface area (Å²) < 4.78 is 32.5. The van der Waals surface area contributed by atoms with Crippen LogP contribution in [0, 0.1) is 11.6 Å². The summed E-state index contributed by atoms with van der Waals surface area (Å²) in [6.45, 7) is 2.14. The van der Waals surface area contributed by atoms with Crippen molar-refractivity contribution >= 4 is 5.97 Å². The summed E-state index contributed by atoms with van der Waals surface area (Å²) in [5.41, 5.74) is 1.77. The number of H-pyrrole nitrogens is 1. The number of hydrogen-bond acceptors (Lipinski definition) is 3. The van der Waals surface area contributed by atoms with E-state index >= 15 is 0 Å². The van der Waals surface area contributed by atoms with Crippen LogP contribution in [0.15, 0.2) is 48.5 Å². The molecule has 0 aliphatic rings. The summed E-state index contributed by atoms with van der Waals surface area (Å²) in [7, 11) is 0. The lowest BCUT2D eigenvalue weighted by Crippen LogP contribution is -2.08. The number of rotatable bonds is 5. The van der Waals surface area contributed by atoms with Gasteiger partial charge < -0.3 is 4.74 Å². The number of nitrogens with one attached hydrogen (secondary N) is 1. The van der Waals surface area contributed by atoms with Crippen molar-refractivity contribution in [3.05, 3.63) is 65.7 Å². The Labute approximate surface area is 143 Å². The summed E-state index contributed by atoms with van der Waals surface area (Å²) in [6.07, 6.45) is 0.676. The van der Waals surface area contributed by atoms with Crippen LogP contribution in [0.3, 0.4) is 0 Å². The van der Waals surface area contributed by atoms with Gasteiger partial charge >= 0.3 is 5.97 Å². The molecule has 0 radical (unpaired) electrons. The van der Waals surface area contributed by atoms with E-state index in [2.05, 4.69) is 10.2 Å². The molecule has 3 rings (SSSR count). The molecular weight excluding hydrogens is 326 g/mol. The Bertz CT molecular complexity index is 889. The molecule has 0 bridgehead atoms. The van der Waals surface area contributed by atoms with Crippen LogP contribution in [-0.4, -0.2) is 22.8 Å². The number of carbonyl (C=O) groups excluding carboxylic acids is 1. The number of aromatic nitrogens is 2. The number of hydrogen-bond donors (Lipinski definition) is 1. The Kier molecular flexibility index (Phi) is 4.88. The molecule has 0 aliphatic carbocycles. The third-order valence-corrected chi connectivity index (χ3v) is 3.66. The molecule has 0 atom stereocenters. The number of nitrogens with zero attached hydrogens (tertiary/aromatic N) is 1. The molecule has 2 aromatic carbocycles. The van der Waals surface area contributed by atoms with Gasteiger partial charge in [0.05, 0.1) is 23.6 Å². The average Bonchev–Trinajstić information content (AvgIpc) is 3.09. The van der Waals surface area contributed by atoms with Gasteiger partial charge in [-0.2, -0.15) is 5.10 Å². The lowest BCUT2D eigenvalue weighted by Gasteiger charge is -2.08. The molecule has 1 N–H and O–H groups in total. The average molecular weight is 342 g/mol. The predicted molar refractivity (Wildman–Crippen MR) is 89.9 cm³/mol. The van der Waals surface area contributed by atoms with Crippen LogP contribution in [0.1, 0.15) is 23.7 Å². The molecule has 0 fully saturated rings. The molecule has 0 amide bonds. The molecular formula is C19H16F2N2O2. The van der Waals surface area contributed by atoms with Crippen LogP contribution < -0.4 is 0 Å². The Morgan fingerprint density at radius 3 is 2.64 bits per heavy atom. The second-order valence-corrected chi connectivity index (χ2v) is 5.47. The van der Waals surface area contributed by atoms with Gasteiger partial charge in [-0.1, -0.05) is 13.0 Å². The normalized spacial score (nSPS) is 10.7. The number of aromatic amines is 1. The van der Waals surface area contributed by atoms with Gasteiger partial charge in [0.1, 0.15) is 11.6 Å². The van der Waals surface area contributed by atoms with Crippen LogP contribution in [0.2, 0.25) is 0 Å². The summed E-state index contributed by atoms with van der Waals surface area (Å²) >= 11 is 0. The monoisotopic (exact) mass is 342 g/mol. The summed E-state index contributed by atoms with van der Waals surface area (Å²) in [5, 5.41) is 6.87. The smallest absolute Gasteiger partial charge is 0.338 e. The van der Waals surface area contributed by atoms with Crippen LogP contribution in [0.25, 0.3) is 22.5 Å². The quantitative estimate of drug-likeness (QED) is 0.690. The third-order valence-electron chi connectivity index (χ3n) is 3.66. The first kappa shape index (κ1) is 16.8. The maximum absolute atomic E-state index is 14.4. The highest BCUT2D eigenvalue weighted by Gasteiger charge is 2.20. The Hall–Kier alpha value is -3.02. The van der Waals surface area contributed by atoms with E-state index < -0.39 is 11.8 Å². The van der Waals surface area contributed by atoms with E-state index in [1.807, 2.05) is 6.92 Å². The number of carbonyl (C=O) groups is 1. The van der Waals surface area contributed by atoms with Gasteiger partial charge in [0.15, 0.2) is 0 Å². The van der Waals surface area contributed by atoms with Crippen molar-refractivity contribution < 1.29 is 18.3 Å². The lowest BCUT2D eigenvalue weighted by atomic mass is 10.0. The van der Waals surface area contributed by atoms with Crippen molar-refractivity contribution in [3.63, 3.8) is 0 Å². The zero-order valence-corrected chi connectivity index (χ0v) is 13.6. The molecule has 6 heteroatoms. The van der Waals surface area contributed by atoms with Crippen molar-refractivity contribution in [2.75, 3.05) is 6.61 Å². The van der Waals surface area contributed by atoms with Crippen molar-refractivity contribution in [2.45, 2.75) is 13.3 Å². The van der Waals surface area contributed by atoms with E-state index in [0.29, 0.717) is 23.4 Å². The highest BCUT2D eigenvalue weighted by molar-refractivity contribution is 5.97. The van der Waals surface area contributed by atoms with E-state index in [1.54, 1.807) is 18.2 Å². The minimum atomic E-state index is -0.589. The molecule has 3 aromatic rings. The molecule has 1 aromatic heterocycles. The maximum atomic E-state index is 14.4. The minimum absolute atomic E-state index is 0.101. The number of esters is 1. The molecule has 0 spiro atoms. The Balaban J connectivity index is 1.99. The van der Waals surface area contributed by atoms with Gasteiger partial charge in [-0.25, -0.2) is 13.6 Å². The minimum Gasteiger partial charge on any atom is -0.462 e. The second kappa shape index (κ2) is 7.25. The first-order valence-corrected chi connectivity index (χ1v) is 7.87. The molecule has 25 heavy (non-hydrogen) atoms. The van der Waals surface area contributed by atoms with E-state index in [1.165, 1.54) is 30.3 Å². The van der Waals surface area contributed by atoms with E-state index in [4.69, 9.17) is 4.74 Å². The summed E-state index contributed by atoms with van der Waals surface area (Å²) in [5.74, 6) is -1.50. The molecule has 0 aliphatic heterocycles. The fourth-order valence-corrected chi connectivity index (χ4v) is 2.46. The topological polar surface area (TPSA) is 55.0 Å². The van der Waals surface area contributed by atoms with Gasteiger partial charge in [0, 0.05) is 11.1 Å². The fraction of sp³-hybridized carbons (Fsp3) is 0.158. The van der Waals surface area contributed by atoms with E-state index in [9.17, 15) is 13.6 Å². The van der Waals surface area contributed by atoms with Gasteiger partial charge in [0.25, 0.3) is 0 Å². The highest BCUT2D eigenvalue weighted by atomic mass is 19.1. The molecule has 128 valence electrons. The first-order chi connectivity index (χ1) is 12.1. The standard InChI is InChI=1S/C19H16F2N2O2/c1-2-10-25-19(24)14-4-3-5-15(21)18(14)17-11-16(22-23-17)12-6-8-13(20)9-7-12/h3-9,11H,2,10H2,1H3,(H,22,23). The second-order valence-electron chi connectivity index (χ2n) is 5.47. The number of benzene rings is 2. The van der Waals surface area contributed by atoms with Gasteiger partial charge in [-0.05, 0) is 48.9 Å². The van der Waals surface area contributed by atoms with Gasteiger partial charge in [0.2, 0.25) is 0 Å². The van der Waals surface area contributed by atoms with Crippen molar-refractivity contribution in [2.24, 2.45) is 0 Å². The SMILES string of the molecule is CCCOC(=O)c1cccc(F)c1-c1cc(-c2ccc(F)cc2)n[nH]1. The predicted octanol–water partition coefficient (Wildman–Crippen LogP) is 4.59. The molecule has 0 saturated heterocycles. The van der Waals surface area contributed by atoms with Crippen molar-refractivity contribution in [3.8, 4) is 22.5 Å². The number of halogens is 2. The van der Waals surface area contributed by atoms with Gasteiger partial charge in [-0.15, -0.1) is 0 Å². The molecule has 0 saturated carbocycles. The Morgan fingerprint density at radius 2 is 1.92 bits per heavy atom. The van der Waals surface area contributed by atoms with Crippen molar-refractivity contribution in [1.29, 1.82) is 0 Å². The van der Waals surface area contributed by atoms with Crippen molar-refractivity contribution in [1.82, 2.24) is 10.2 Å². The third kappa shape index (κ3) is 3.57. The van der Waals surface area contributed by atoms with Crippen LogP contribution in [-0.2, 0) is 4.74 Å². The Morgan fingerprint density at radius 1 is 1.16 bits per heavy atom. The highest BCUT2D eigenvalue weighted by Crippen LogP contribution is 2.29.